The van der Waals surface area contributed by atoms with Gasteiger partial charge in [0.05, 0.1) is 11.3 Å². The number of amides is 1. The third-order valence-corrected chi connectivity index (χ3v) is 3.86. The normalized spacial score (nSPS) is 10.0. The standard InChI is InChI=1S/C20H21N3O2/c1-14(24)16-7-8-18(13-21)19(12-16)22-10-9-15-5-4-6-17(11-15)20(25)23(2)3/h4-8,11-12,22H,9-10H2,1-3H3. The average Bonchev–Trinajstić information content (AvgIpc) is 2.61. The van der Waals surface area contributed by atoms with E-state index < -0.39 is 0 Å². The first-order valence-corrected chi connectivity index (χ1v) is 8.02. The fraction of sp³-hybridized carbons (Fsp3) is 0.250. The van der Waals surface area contributed by atoms with Gasteiger partial charge in [0.15, 0.2) is 5.78 Å². The van der Waals surface area contributed by atoms with Crippen LogP contribution in [0.1, 0.15) is 38.8 Å². The Morgan fingerprint density at radius 3 is 2.52 bits per heavy atom. The molecule has 1 amide bonds. The maximum absolute atomic E-state index is 12.0. The summed E-state index contributed by atoms with van der Waals surface area (Å²) in [6.07, 6.45) is 0.698. The Balaban J connectivity index is 2.07. The van der Waals surface area contributed by atoms with E-state index in [0.717, 1.165) is 5.56 Å². The second-order valence-corrected chi connectivity index (χ2v) is 6.01. The summed E-state index contributed by atoms with van der Waals surface area (Å²) < 4.78 is 0. The quantitative estimate of drug-likeness (QED) is 0.823. The number of hydrogen-bond donors (Lipinski definition) is 1. The van der Waals surface area contributed by atoms with Gasteiger partial charge in [0.1, 0.15) is 6.07 Å². The van der Waals surface area contributed by atoms with E-state index in [1.54, 1.807) is 43.3 Å². The summed E-state index contributed by atoms with van der Waals surface area (Å²) >= 11 is 0. The number of benzene rings is 2. The Labute approximate surface area is 147 Å². The van der Waals surface area contributed by atoms with Crippen LogP contribution >= 0.6 is 0 Å². The zero-order chi connectivity index (χ0) is 18.4. The molecule has 0 aliphatic heterocycles. The Morgan fingerprint density at radius 1 is 1.12 bits per heavy atom. The molecule has 0 aliphatic rings. The smallest absolute Gasteiger partial charge is 0.253 e. The minimum Gasteiger partial charge on any atom is -0.384 e. The van der Waals surface area contributed by atoms with E-state index in [1.165, 1.54) is 6.92 Å². The number of nitrogens with zero attached hydrogens (tertiary/aromatic N) is 2. The summed E-state index contributed by atoms with van der Waals surface area (Å²) in [6, 6.07) is 14.6. The van der Waals surface area contributed by atoms with Crippen molar-refractivity contribution < 1.29 is 9.59 Å². The fourth-order valence-corrected chi connectivity index (χ4v) is 2.47. The Morgan fingerprint density at radius 2 is 1.88 bits per heavy atom. The number of anilines is 1. The fourth-order valence-electron chi connectivity index (χ4n) is 2.47. The lowest BCUT2D eigenvalue weighted by Gasteiger charge is -2.12. The predicted octanol–water partition coefficient (Wildman–Crippen LogP) is 3.12. The van der Waals surface area contributed by atoms with Crippen LogP contribution in [0.15, 0.2) is 42.5 Å². The molecule has 0 heterocycles. The van der Waals surface area contributed by atoms with Crippen LogP contribution in [-0.4, -0.2) is 37.2 Å². The summed E-state index contributed by atoms with van der Waals surface area (Å²) in [5, 5.41) is 12.4. The molecule has 0 fully saturated rings. The Hall–Kier alpha value is -3.13. The van der Waals surface area contributed by atoms with E-state index in [4.69, 9.17) is 0 Å². The molecule has 0 aromatic heterocycles. The predicted molar refractivity (Wildman–Crippen MR) is 97.8 cm³/mol. The number of nitrogens with one attached hydrogen (secondary N) is 1. The maximum atomic E-state index is 12.0. The van der Waals surface area contributed by atoms with Gasteiger partial charge >= 0.3 is 0 Å². The number of carbonyl (C=O) groups excluding carboxylic acids is 2. The van der Waals surface area contributed by atoms with Crippen molar-refractivity contribution in [2.45, 2.75) is 13.3 Å². The molecule has 0 unspecified atom stereocenters. The van der Waals surface area contributed by atoms with Crippen LogP contribution in [-0.2, 0) is 6.42 Å². The molecular formula is C20H21N3O2. The first kappa shape index (κ1) is 18.2. The number of ketones is 1. The van der Waals surface area contributed by atoms with Gasteiger partial charge in [-0.1, -0.05) is 12.1 Å². The summed E-state index contributed by atoms with van der Waals surface area (Å²) in [5.74, 6) is -0.0711. The van der Waals surface area contributed by atoms with Crippen molar-refractivity contribution in [1.82, 2.24) is 4.90 Å². The van der Waals surface area contributed by atoms with E-state index in [-0.39, 0.29) is 11.7 Å². The van der Waals surface area contributed by atoms with Crippen molar-refractivity contribution in [3.63, 3.8) is 0 Å². The maximum Gasteiger partial charge on any atom is 0.253 e. The molecule has 1 N–H and O–H groups in total. The minimum atomic E-state index is -0.0394. The molecule has 5 nitrogen and oxygen atoms in total. The van der Waals surface area contributed by atoms with Crippen molar-refractivity contribution in [2.24, 2.45) is 0 Å². The highest BCUT2D eigenvalue weighted by Crippen LogP contribution is 2.18. The summed E-state index contributed by atoms with van der Waals surface area (Å²) in [7, 11) is 3.45. The molecule has 0 saturated heterocycles. The van der Waals surface area contributed by atoms with Crippen LogP contribution in [0.3, 0.4) is 0 Å². The van der Waals surface area contributed by atoms with Crippen molar-refractivity contribution >= 4 is 17.4 Å². The van der Waals surface area contributed by atoms with Crippen molar-refractivity contribution in [2.75, 3.05) is 26.0 Å². The molecule has 0 atom stereocenters. The molecule has 0 aliphatic carbocycles. The number of hydrogen-bond acceptors (Lipinski definition) is 4. The van der Waals surface area contributed by atoms with Gasteiger partial charge in [-0.05, 0) is 49.2 Å². The highest BCUT2D eigenvalue weighted by Gasteiger charge is 2.09. The average molecular weight is 335 g/mol. The number of rotatable bonds is 6. The van der Waals surface area contributed by atoms with Crippen molar-refractivity contribution in [1.29, 1.82) is 5.26 Å². The first-order chi connectivity index (χ1) is 11.9. The van der Waals surface area contributed by atoms with Gasteiger partial charge in [0, 0.05) is 31.8 Å². The van der Waals surface area contributed by atoms with Crippen LogP contribution in [0, 0.1) is 11.3 Å². The van der Waals surface area contributed by atoms with Gasteiger partial charge in [-0.25, -0.2) is 0 Å². The van der Waals surface area contributed by atoms with Crippen LogP contribution in [0.4, 0.5) is 5.69 Å². The molecule has 128 valence electrons. The molecular weight excluding hydrogens is 314 g/mol. The van der Waals surface area contributed by atoms with Crippen molar-refractivity contribution in [3.05, 3.63) is 64.7 Å². The molecule has 2 aromatic rings. The van der Waals surface area contributed by atoms with E-state index >= 15 is 0 Å². The summed E-state index contributed by atoms with van der Waals surface area (Å²) in [6.45, 7) is 2.09. The molecule has 0 bridgehead atoms. The van der Waals surface area contributed by atoms with Gasteiger partial charge < -0.3 is 10.2 Å². The van der Waals surface area contributed by atoms with E-state index in [2.05, 4.69) is 11.4 Å². The van der Waals surface area contributed by atoms with Crippen LogP contribution in [0.25, 0.3) is 0 Å². The van der Waals surface area contributed by atoms with Crippen LogP contribution in [0.5, 0.6) is 0 Å². The van der Waals surface area contributed by atoms with Crippen LogP contribution in [0.2, 0.25) is 0 Å². The first-order valence-electron chi connectivity index (χ1n) is 8.02. The third kappa shape index (κ3) is 4.67. The largest absolute Gasteiger partial charge is 0.384 e. The third-order valence-electron chi connectivity index (χ3n) is 3.86. The highest BCUT2D eigenvalue weighted by molar-refractivity contribution is 5.95. The number of Topliss-reactive ketones (excluding diaryl/α,β-unsaturated/α-hetero) is 1. The Bertz CT molecular complexity index is 835. The SMILES string of the molecule is CC(=O)c1ccc(C#N)c(NCCc2cccc(C(=O)N(C)C)c2)c1. The van der Waals surface area contributed by atoms with E-state index in [9.17, 15) is 14.9 Å². The van der Waals surface area contributed by atoms with Gasteiger partial charge in [0.25, 0.3) is 5.91 Å². The molecule has 0 spiro atoms. The lowest BCUT2D eigenvalue weighted by Crippen LogP contribution is -2.21. The van der Waals surface area contributed by atoms with Crippen LogP contribution < -0.4 is 5.32 Å². The molecule has 2 aromatic carbocycles. The van der Waals surface area contributed by atoms with Gasteiger partial charge in [-0.15, -0.1) is 0 Å². The van der Waals surface area contributed by atoms with E-state index in [1.807, 2.05) is 18.2 Å². The van der Waals surface area contributed by atoms with Gasteiger partial charge in [-0.2, -0.15) is 5.26 Å². The zero-order valence-corrected chi connectivity index (χ0v) is 14.7. The lowest BCUT2D eigenvalue weighted by molar-refractivity contribution is 0.0827. The summed E-state index contributed by atoms with van der Waals surface area (Å²) in [4.78, 5) is 25.1. The molecule has 0 saturated carbocycles. The summed E-state index contributed by atoms with van der Waals surface area (Å²) in [5.41, 5.74) is 3.40. The lowest BCUT2D eigenvalue weighted by atomic mass is 10.1. The van der Waals surface area contributed by atoms with Crippen molar-refractivity contribution in [3.8, 4) is 6.07 Å². The number of nitriles is 1. The molecule has 0 radical (unpaired) electrons. The second-order valence-electron chi connectivity index (χ2n) is 6.01. The number of carbonyl (C=O) groups is 2. The van der Waals surface area contributed by atoms with Gasteiger partial charge in [-0.3, -0.25) is 9.59 Å². The highest BCUT2D eigenvalue weighted by atomic mass is 16.2. The molecule has 25 heavy (non-hydrogen) atoms. The minimum absolute atomic E-state index is 0.0317. The van der Waals surface area contributed by atoms with E-state index in [0.29, 0.717) is 35.3 Å². The zero-order valence-electron chi connectivity index (χ0n) is 14.7. The monoisotopic (exact) mass is 335 g/mol. The Kier molecular flexibility index (Phi) is 5.91. The van der Waals surface area contributed by atoms with Gasteiger partial charge in [0.2, 0.25) is 0 Å². The molecule has 2 rings (SSSR count). The topological polar surface area (TPSA) is 73.2 Å². The second kappa shape index (κ2) is 8.11. The molecule has 5 heteroatoms.